The molecule has 0 spiro atoms. The van der Waals surface area contributed by atoms with Crippen molar-refractivity contribution >= 4 is 10.0 Å². The Hall–Kier alpha value is -1.13. The van der Waals surface area contributed by atoms with Crippen molar-refractivity contribution in [2.24, 2.45) is 0 Å². The lowest BCUT2D eigenvalue weighted by atomic mass is 10.2. The highest BCUT2D eigenvalue weighted by Gasteiger charge is 2.32. The van der Waals surface area contributed by atoms with E-state index in [9.17, 15) is 8.42 Å². The molecule has 3 nitrogen and oxygen atoms in total. The van der Waals surface area contributed by atoms with Crippen LogP contribution in [0.1, 0.15) is 19.4 Å². The van der Waals surface area contributed by atoms with Crippen molar-refractivity contribution in [3.05, 3.63) is 41.5 Å². The molecule has 0 bridgehead atoms. The van der Waals surface area contributed by atoms with Crippen molar-refractivity contribution in [3.8, 4) is 0 Å². The molecular formula is C13H17NO2S. The van der Waals surface area contributed by atoms with Gasteiger partial charge in [-0.3, -0.25) is 0 Å². The van der Waals surface area contributed by atoms with Crippen LogP contribution < -0.4 is 0 Å². The van der Waals surface area contributed by atoms with Crippen molar-refractivity contribution in [3.63, 3.8) is 0 Å². The molecule has 1 aromatic carbocycles. The zero-order valence-electron chi connectivity index (χ0n) is 10.3. The first-order valence-corrected chi connectivity index (χ1v) is 7.12. The van der Waals surface area contributed by atoms with Gasteiger partial charge in [-0.25, -0.2) is 8.42 Å². The van der Waals surface area contributed by atoms with E-state index >= 15 is 0 Å². The van der Waals surface area contributed by atoms with Crippen molar-refractivity contribution < 1.29 is 8.42 Å². The van der Waals surface area contributed by atoms with E-state index in [0.29, 0.717) is 11.4 Å². The van der Waals surface area contributed by atoms with Gasteiger partial charge in [-0.05, 0) is 32.9 Å². The van der Waals surface area contributed by atoms with Gasteiger partial charge in [0.1, 0.15) is 0 Å². The molecular weight excluding hydrogens is 234 g/mol. The van der Waals surface area contributed by atoms with Crippen LogP contribution in [0.3, 0.4) is 0 Å². The number of hydrogen-bond donors (Lipinski definition) is 0. The summed E-state index contributed by atoms with van der Waals surface area (Å²) in [5.74, 6) is 0. The summed E-state index contributed by atoms with van der Waals surface area (Å²) in [6, 6.07) is 6.96. The second-order valence-corrected chi connectivity index (χ2v) is 6.40. The van der Waals surface area contributed by atoms with Gasteiger partial charge in [0, 0.05) is 12.6 Å². The van der Waals surface area contributed by atoms with Crippen LogP contribution in [-0.2, 0) is 10.0 Å². The molecule has 2 rings (SSSR count). The molecule has 0 radical (unpaired) electrons. The van der Waals surface area contributed by atoms with Gasteiger partial charge in [-0.2, -0.15) is 4.31 Å². The van der Waals surface area contributed by atoms with E-state index in [1.807, 2.05) is 39.0 Å². The third-order valence-electron chi connectivity index (χ3n) is 3.31. The maximum absolute atomic E-state index is 12.4. The highest BCUT2D eigenvalue weighted by molar-refractivity contribution is 7.89. The molecule has 1 aromatic rings. The summed E-state index contributed by atoms with van der Waals surface area (Å²) in [5, 5.41) is 0. The van der Waals surface area contributed by atoms with E-state index in [-0.39, 0.29) is 6.04 Å². The Kier molecular flexibility index (Phi) is 3.10. The predicted molar refractivity (Wildman–Crippen MR) is 68.3 cm³/mol. The van der Waals surface area contributed by atoms with Gasteiger partial charge in [0.05, 0.1) is 4.90 Å². The first kappa shape index (κ1) is 12.3. The van der Waals surface area contributed by atoms with Crippen LogP contribution in [0.4, 0.5) is 0 Å². The van der Waals surface area contributed by atoms with Crippen molar-refractivity contribution in [1.82, 2.24) is 4.31 Å². The summed E-state index contributed by atoms with van der Waals surface area (Å²) in [5.41, 5.74) is 2.17. The fraction of sp³-hybridized carbons (Fsp3) is 0.385. The average molecular weight is 251 g/mol. The van der Waals surface area contributed by atoms with E-state index in [0.717, 1.165) is 11.1 Å². The molecule has 4 heteroatoms. The summed E-state index contributed by atoms with van der Waals surface area (Å²) in [6.45, 7) is 6.31. The lowest BCUT2D eigenvalue weighted by molar-refractivity contribution is 0.420. The Morgan fingerprint density at radius 2 is 1.76 bits per heavy atom. The predicted octanol–water partition coefficient (Wildman–Crippen LogP) is 2.33. The van der Waals surface area contributed by atoms with Gasteiger partial charge in [0.25, 0.3) is 0 Å². The first-order chi connectivity index (χ1) is 7.93. The summed E-state index contributed by atoms with van der Waals surface area (Å²) in [6.07, 6.45) is 1.97. The molecule has 0 amide bonds. The molecule has 92 valence electrons. The summed E-state index contributed by atoms with van der Waals surface area (Å²) >= 11 is 0. The quantitative estimate of drug-likeness (QED) is 0.757. The third-order valence-corrected chi connectivity index (χ3v) is 5.26. The zero-order valence-corrected chi connectivity index (χ0v) is 11.2. The number of sulfonamides is 1. The topological polar surface area (TPSA) is 37.4 Å². The standard InChI is InChI=1S/C13H17NO2S/c1-10-4-6-13(7-5-10)17(15,16)14-9-8-11(2)12(14)3/h4-8,12H,9H2,1-3H3. The molecule has 0 fully saturated rings. The Balaban J connectivity index is 2.35. The van der Waals surface area contributed by atoms with Gasteiger partial charge in [-0.15, -0.1) is 0 Å². The molecule has 0 N–H and O–H groups in total. The molecule has 1 unspecified atom stereocenters. The summed E-state index contributed by atoms with van der Waals surface area (Å²) in [7, 11) is -3.36. The van der Waals surface area contributed by atoms with Crippen molar-refractivity contribution in [2.75, 3.05) is 6.54 Å². The monoisotopic (exact) mass is 251 g/mol. The Morgan fingerprint density at radius 1 is 1.18 bits per heavy atom. The van der Waals surface area contributed by atoms with Gasteiger partial charge in [-0.1, -0.05) is 29.3 Å². The van der Waals surface area contributed by atoms with Crippen LogP contribution >= 0.6 is 0 Å². The Labute approximate surface area is 103 Å². The fourth-order valence-electron chi connectivity index (χ4n) is 1.94. The number of aryl methyl sites for hydroxylation is 1. The number of rotatable bonds is 2. The Morgan fingerprint density at radius 3 is 2.24 bits per heavy atom. The zero-order chi connectivity index (χ0) is 12.6. The molecule has 0 saturated carbocycles. The lowest BCUT2D eigenvalue weighted by Gasteiger charge is -2.22. The van der Waals surface area contributed by atoms with E-state index in [4.69, 9.17) is 0 Å². The molecule has 1 atom stereocenters. The van der Waals surface area contributed by atoms with Crippen LogP contribution in [-0.4, -0.2) is 25.3 Å². The number of hydrogen-bond acceptors (Lipinski definition) is 2. The fourth-order valence-corrected chi connectivity index (χ4v) is 3.55. The lowest BCUT2D eigenvalue weighted by Crippen LogP contribution is -2.35. The average Bonchev–Trinajstić information content (AvgIpc) is 2.61. The SMILES string of the molecule is CC1=CCN(S(=O)(=O)c2ccc(C)cc2)C1C. The van der Waals surface area contributed by atoms with E-state index in [1.165, 1.54) is 4.31 Å². The van der Waals surface area contributed by atoms with E-state index in [1.54, 1.807) is 12.1 Å². The highest BCUT2D eigenvalue weighted by atomic mass is 32.2. The van der Waals surface area contributed by atoms with Crippen LogP contribution in [0.5, 0.6) is 0 Å². The van der Waals surface area contributed by atoms with Crippen LogP contribution in [0.2, 0.25) is 0 Å². The molecule has 1 heterocycles. The van der Waals surface area contributed by atoms with Crippen molar-refractivity contribution in [1.29, 1.82) is 0 Å². The van der Waals surface area contributed by atoms with E-state index < -0.39 is 10.0 Å². The molecule has 0 saturated heterocycles. The van der Waals surface area contributed by atoms with Crippen LogP contribution in [0.25, 0.3) is 0 Å². The Bertz CT molecular complexity index is 543. The first-order valence-electron chi connectivity index (χ1n) is 5.68. The molecule has 1 aliphatic rings. The third kappa shape index (κ3) is 2.15. The summed E-state index contributed by atoms with van der Waals surface area (Å²) in [4.78, 5) is 0.373. The normalized spacial score (nSPS) is 21.6. The van der Waals surface area contributed by atoms with Crippen LogP contribution in [0.15, 0.2) is 40.8 Å². The number of nitrogens with zero attached hydrogens (tertiary/aromatic N) is 1. The van der Waals surface area contributed by atoms with Gasteiger partial charge >= 0.3 is 0 Å². The second kappa shape index (κ2) is 4.27. The second-order valence-electron chi connectivity index (χ2n) is 4.51. The summed E-state index contributed by atoms with van der Waals surface area (Å²) < 4.78 is 26.3. The highest BCUT2D eigenvalue weighted by Crippen LogP contribution is 2.25. The van der Waals surface area contributed by atoms with Crippen molar-refractivity contribution in [2.45, 2.75) is 31.7 Å². The van der Waals surface area contributed by atoms with Gasteiger partial charge < -0.3 is 0 Å². The molecule has 17 heavy (non-hydrogen) atoms. The maximum Gasteiger partial charge on any atom is 0.243 e. The maximum atomic E-state index is 12.4. The minimum Gasteiger partial charge on any atom is -0.207 e. The van der Waals surface area contributed by atoms with Gasteiger partial charge in [0.15, 0.2) is 0 Å². The molecule has 1 aliphatic heterocycles. The molecule has 0 aromatic heterocycles. The minimum absolute atomic E-state index is 0.0405. The smallest absolute Gasteiger partial charge is 0.207 e. The minimum atomic E-state index is -3.36. The largest absolute Gasteiger partial charge is 0.243 e. The molecule has 0 aliphatic carbocycles. The van der Waals surface area contributed by atoms with Crippen LogP contribution in [0, 0.1) is 6.92 Å². The number of benzene rings is 1. The van der Waals surface area contributed by atoms with Gasteiger partial charge in [0.2, 0.25) is 10.0 Å². The van der Waals surface area contributed by atoms with E-state index in [2.05, 4.69) is 0 Å².